The molecule has 0 heterocycles. The fourth-order valence-electron chi connectivity index (χ4n) is 4.55. The van der Waals surface area contributed by atoms with E-state index in [1.807, 2.05) is 0 Å². The molecule has 0 amide bonds. The van der Waals surface area contributed by atoms with Crippen LogP contribution in [-0.4, -0.2) is 31.4 Å². The number of halogens is 2. The van der Waals surface area contributed by atoms with Crippen molar-refractivity contribution < 1.29 is 46.1 Å². The van der Waals surface area contributed by atoms with Crippen LogP contribution in [0.2, 0.25) is 0 Å². The molecule has 0 bridgehead atoms. The van der Waals surface area contributed by atoms with Crippen molar-refractivity contribution in [2.75, 3.05) is 38.0 Å². The van der Waals surface area contributed by atoms with Crippen molar-refractivity contribution in [3.05, 3.63) is 69.0 Å². The molecule has 2 aromatic rings. The van der Waals surface area contributed by atoms with Crippen molar-refractivity contribution in [3.63, 3.8) is 0 Å². The molecule has 0 aliphatic heterocycles. The van der Waals surface area contributed by atoms with E-state index < -0.39 is 21.3 Å². The maximum atomic E-state index is 2.46. The molecule has 30 heavy (non-hydrogen) atoms. The summed E-state index contributed by atoms with van der Waals surface area (Å²) in [7, 11) is 8.57. The fraction of sp³-hybridized carbons (Fsp3) is 0.320. The van der Waals surface area contributed by atoms with Gasteiger partial charge in [0.2, 0.25) is 0 Å². The first-order chi connectivity index (χ1) is 13.4. The molecule has 0 fully saturated rings. The molecule has 5 heteroatoms. The van der Waals surface area contributed by atoms with E-state index in [-0.39, 0.29) is 24.8 Å². The smallest absolute Gasteiger partial charge is 1.00 e. The summed E-state index contributed by atoms with van der Waals surface area (Å²) in [5, 5.41) is 0. The molecule has 0 aromatic heterocycles. The van der Waals surface area contributed by atoms with Crippen LogP contribution in [0.25, 0.3) is 11.1 Å². The molecule has 0 radical (unpaired) electrons. The van der Waals surface area contributed by atoms with Crippen LogP contribution in [0.3, 0.4) is 0 Å². The van der Waals surface area contributed by atoms with Gasteiger partial charge in [-0.2, -0.15) is 0 Å². The van der Waals surface area contributed by atoms with E-state index in [4.69, 9.17) is 0 Å². The van der Waals surface area contributed by atoms with Gasteiger partial charge in [0.25, 0.3) is 0 Å². The van der Waals surface area contributed by atoms with Crippen molar-refractivity contribution in [2.45, 2.75) is 23.9 Å². The number of fused-ring (bicyclic) bond motifs is 3. The van der Waals surface area contributed by atoms with Crippen LogP contribution in [0, 0.1) is 0 Å². The van der Waals surface area contributed by atoms with Crippen molar-refractivity contribution in [2.24, 2.45) is 0 Å². The molecule has 0 saturated heterocycles. The Morgan fingerprint density at radius 3 is 1.70 bits per heavy atom. The van der Waals surface area contributed by atoms with Crippen LogP contribution in [0.1, 0.15) is 35.0 Å². The van der Waals surface area contributed by atoms with E-state index in [9.17, 15) is 0 Å². The third kappa shape index (κ3) is 4.40. The number of nitrogens with zero attached hydrogens (tertiary/aromatic N) is 2. The maximum Gasteiger partial charge on any atom is -1.00 e. The van der Waals surface area contributed by atoms with E-state index in [1.54, 1.807) is 17.6 Å². The molecule has 0 spiro atoms. The average Bonchev–Trinajstić information content (AvgIpc) is 3.28. The Kier molecular flexibility index (Phi) is 8.36. The minimum Gasteiger partial charge on any atom is -1.00 e. The Morgan fingerprint density at radius 2 is 1.33 bits per heavy atom. The number of hydrogen-bond acceptors (Lipinski definition) is 2. The SMILES string of the molecule is C[C](C)=[Zr+2]([C]1=CC=CC1)[CH]1c2cc(N(C)C)ccc2-c2ccc(N(C)C)cc21.[Cl-].[Cl-]. The van der Waals surface area contributed by atoms with Gasteiger partial charge in [0.15, 0.2) is 0 Å². The number of allylic oxidation sites excluding steroid dienone is 4. The quantitative estimate of drug-likeness (QED) is 0.540. The van der Waals surface area contributed by atoms with Gasteiger partial charge in [0.1, 0.15) is 0 Å². The van der Waals surface area contributed by atoms with Crippen LogP contribution < -0.4 is 34.6 Å². The molecule has 0 N–H and O–H groups in total. The first kappa shape index (κ1) is 25.1. The number of rotatable bonds is 4. The van der Waals surface area contributed by atoms with Gasteiger partial charge in [-0.25, -0.2) is 0 Å². The van der Waals surface area contributed by atoms with E-state index >= 15 is 0 Å². The summed E-state index contributed by atoms with van der Waals surface area (Å²) in [4.78, 5) is 4.46. The second kappa shape index (κ2) is 9.98. The summed E-state index contributed by atoms with van der Waals surface area (Å²) in [6.45, 7) is 4.77. The molecule has 2 aliphatic rings. The fourth-order valence-corrected chi connectivity index (χ4v) is 12.7. The summed E-state index contributed by atoms with van der Waals surface area (Å²) < 4.78 is 3.99. The van der Waals surface area contributed by atoms with E-state index in [1.165, 1.54) is 22.5 Å². The van der Waals surface area contributed by atoms with Gasteiger partial charge in [-0.3, -0.25) is 0 Å². The number of hydrogen-bond donors (Lipinski definition) is 0. The second-order valence-electron chi connectivity index (χ2n) is 8.50. The number of anilines is 2. The molecular formula is C25H30Cl2N2Zr. The van der Waals surface area contributed by atoms with Crippen LogP contribution in [0.5, 0.6) is 0 Å². The van der Waals surface area contributed by atoms with Gasteiger partial charge < -0.3 is 24.8 Å². The zero-order valence-electron chi connectivity index (χ0n) is 18.6. The molecule has 2 nitrogen and oxygen atoms in total. The second-order valence-corrected chi connectivity index (χ2v) is 16.0. The average molecular weight is 521 g/mol. The minimum atomic E-state index is -2.04. The van der Waals surface area contributed by atoms with Crippen LogP contribution in [-0.2, 0) is 21.3 Å². The van der Waals surface area contributed by atoms with Gasteiger partial charge in [0, 0.05) is 0 Å². The Labute approximate surface area is 201 Å². The van der Waals surface area contributed by atoms with Gasteiger partial charge in [0.05, 0.1) is 0 Å². The van der Waals surface area contributed by atoms with Gasteiger partial charge in [-0.1, -0.05) is 0 Å². The molecule has 0 atom stereocenters. The first-order valence-corrected chi connectivity index (χ1v) is 13.9. The van der Waals surface area contributed by atoms with E-state index in [0.29, 0.717) is 3.63 Å². The van der Waals surface area contributed by atoms with Crippen molar-refractivity contribution in [3.8, 4) is 11.1 Å². The molecule has 0 saturated carbocycles. The summed E-state index contributed by atoms with van der Waals surface area (Å²) in [5.74, 6) is 0. The Morgan fingerprint density at radius 1 is 0.833 bits per heavy atom. The largest absolute Gasteiger partial charge is 1.00 e. The van der Waals surface area contributed by atoms with E-state index in [0.717, 1.165) is 6.42 Å². The van der Waals surface area contributed by atoms with Gasteiger partial charge in [-0.15, -0.1) is 0 Å². The third-order valence-electron chi connectivity index (χ3n) is 5.96. The molecule has 0 unspecified atom stereocenters. The predicted octanol–water partition coefficient (Wildman–Crippen LogP) is -0.429. The van der Waals surface area contributed by atoms with Crippen LogP contribution in [0.4, 0.5) is 11.4 Å². The van der Waals surface area contributed by atoms with Crippen molar-refractivity contribution in [1.29, 1.82) is 0 Å². The third-order valence-corrected chi connectivity index (χ3v) is 14.2. The molecule has 2 aliphatic carbocycles. The van der Waals surface area contributed by atoms with Crippen LogP contribution >= 0.6 is 0 Å². The van der Waals surface area contributed by atoms with Crippen molar-refractivity contribution in [1.82, 2.24) is 0 Å². The standard InChI is InChI=1S/C17H19N2.C5H5.C3H6.2ClH.Zr/c1-18(2)14-5-7-16-12(10-14)9-13-11-15(19(3)4)6-8-17(13)16;1-2-4-5-3-1;1-3-2;;;/h5-11H,1-4H3;1-3H,4H2;1-2H3;2*1H;/q;;;;;+2/p-2. The number of benzene rings is 2. The predicted molar refractivity (Wildman–Crippen MR) is 121 cm³/mol. The Bertz CT molecular complexity index is 974. The van der Waals surface area contributed by atoms with Crippen molar-refractivity contribution >= 4 is 14.6 Å². The van der Waals surface area contributed by atoms with Gasteiger partial charge in [-0.05, 0) is 0 Å². The molecule has 2 aromatic carbocycles. The molecule has 158 valence electrons. The topological polar surface area (TPSA) is 6.48 Å². The Balaban J connectivity index is 0.00000160. The maximum absolute atomic E-state index is 2.46. The van der Waals surface area contributed by atoms with Crippen LogP contribution in [0.15, 0.2) is 57.9 Å². The van der Waals surface area contributed by atoms with Gasteiger partial charge >= 0.3 is 178 Å². The summed E-state index contributed by atoms with van der Waals surface area (Å²) in [6, 6.07) is 14.2. The molecular weight excluding hydrogens is 490 g/mol. The first-order valence-electron chi connectivity index (χ1n) is 10.0. The zero-order chi connectivity index (χ0) is 20.0. The van der Waals surface area contributed by atoms with E-state index in [2.05, 4.69) is 106 Å². The minimum absolute atomic E-state index is 0. The Hall–Kier alpha value is -1.15. The summed E-state index contributed by atoms with van der Waals surface area (Å²) >= 11 is -2.04. The zero-order valence-corrected chi connectivity index (χ0v) is 22.6. The summed E-state index contributed by atoms with van der Waals surface area (Å²) in [6.07, 6.45) is 8.18. The monoisotopic (exact) mass is 518 g/mol. The normalized spacial score (nSPS) is 13.3. The summed E-state index contributed by atoms with van der Waals surface area (Å²) in [5.41, 5.74) is 8.61. The molecule has 4 rings (SSSR count).